The zero-order valence-electron chi connectivity index (χ0n) is 16.0. The first-order chi connectivity index (χ1) is 13.5. The number of halogens is 3. The average molecular weight is 416 g/mol. The molecule has 0 unspecified atom stereocenters. The third-order valence-electron chi connectivity index (χ3n) is 4.84. The molecule has 4 aromatic rings. The van der Waals surface area contributed by atoms with Crippen molar-refractivity contribution in [2.75, 3.05) is 0 Å². The Kier molecular flexibility index (Phi) is 6.13. The summed E-state index contributed by atoms with van der Waals surface area (Å²) in [7, 11) is 0. The fourth-order valence-electron chi connectivity index (χ4n) is 3.36. The van der Waals surface area contributed by atoms with Crippen LogP contribution < -0.4 is 4.74 Å². The Balaban J connectivity index is 0.00000240. The van der Waals surface area contributed by atoms with Gasteiger partial charge in [-0.15, -0.1) is 12.4 Å². The Morgan fingerprint density at radius 2 is 1.76 bits per heavy atom. The van der Waals surface area contributed by atoms with Crippen molar-refractivity contribution in [1.82, 2.24) is 14.5 Å². The van der Waals surface area contributed by atoms with E-state index < -0.39 is 11.6 Å². The van der Waals surface area contributed by atoms with E-state index in [1.54, 1.807) is 18.5 Å². The van der Waals surface area contributed by atoms with Crippen molar-refractivity contribution >= 4 is 23.4 Å². The second kappa shape index (κ2) is 8.57. The predicted octanol–water partition coefficient (Wildman–Crippen LogP) is 5.38. The lowest BCUT2D eigenvalue weighted by Crippen LogP contribution is -2.04. The molecule has 0 aliphatic heterocycles. The third-order valence-corrected chi connectivity index (χ3v) is 4.84. The van der Waals surface area contributed by atoms with Gasteiger partial charge in [0.25, 0.3) is 0 Å². The number of aryl methyl sites for hydroxylation is 1. The quantitative estimate of drug-likeness (QED) is 0.439. The highest BCUT2D eigenvalue weighted by atomic mass is 35.5. The maximum Gasteiger partial charge on any atom is 0.147 e. The molecule has 3 aromatic heterocycles. The summed E-state index contributed by atoms with van der Waals surface area (Å²) in [5.41, 5.74) is 5.36. The van der Waals surface area contributed by atoms with Crippen molar-refractivity contribution in [2.45, 2.75) is 27.0 Å². The molecule has 0 aliphatic carbocycles. The first-order valence-corrected chi connectivity index (χ1v) is 8.94. The molecule has 0 radical (unpaired) electrons. The lowest BCUT2D eigenvalue weighted by Gasteiger charge is -2.13. The highest BCUT2D eigenvalue weighted by molar-refractivity contribution is 5.86. The van der Waals surface area contributed by atoms with Gasteiger partial charge >= 0.3 is 0 Å². The van der Waals surface area contributed by atoms with E-state index in [9.17, 15) is 8.78 Å². The van der Waals surface area contributed by atoms with Gasteiger partial charge in [0.2, 0.25) is 0 Å². The Morgan fingerprint density at radius 1 is 1.00 bits per heavy atom. The van der Waals surface area contributed by atoms with Crippen LogP contribution in [0, 0.1) is 25.5 Å². The van der Waals surface area contributed by atoms with Gasteiger partial charge < -0.3 is 9.30 Å². The largest absolute Gasteiger partial charge is 0.487 e. The summed E-state index contributed by atoms with van der Waals surface area (Å²) in [5.74, 6) is -0.620. The predicted molar refractivity (Wildman–Crippen MR) is 110 cm³/mol. The fraction of sp³-hybridized carbons (Fsp3) is 0.182. The van der Waals surface area contributed by atoms with E-state index >= 15 is 0 Å². The van der Waals surface area contributed by atoms with Crippen LogP contribution in [0.25, 0.3) is 11.0 Å². The second-order valence-electron chi connectivity index (χ2n) is 6.73. The van der Waals surface area contributed by atoms with Gasteiger partial charge in [0.15, 0.2) is 0 Å². The van der Waals surface area contributed by atoms with E-state index in [0.717, 1.165) is 33.9 Å². The smallest absolute Gasteiger partial charge is 0.147 e. The molecule has 0 bridgehead atoms. The van der Waals surface area contributed by atoms with Crippen LogP contribution in [0.3, 0.4) is 0 Å². The first-order valence-electron chi connectivity index (χ1n) is 8.94. The second-order valence-corrected chi connectivity index (χ2v) is 6.73. The van der Waals surface area contributed by atoms with Crippen LogP contribution in [0.2, 0.25) is 0 Å². The van der Waals surface area contributed by atoms with E-state index in [4.69, 9.17) is 4.74 Å². The summed E-state index contributed by atoms with van der Waals surface area (Å²) in [5, 5.41) is 0. The van der Waals surface area contributed by atoms with Crippen molar-refractivity contribution in [3.8, 4) is 5.75 Å². The summed E-state index contributed by atoms with van der Waals surface area (Å²) < 4.78 is 35.0. The summed E-state index contributed by atoms with van der Waals surface area (Å²) in [6.07, 6.45) is 5.25. The topological polar surface area (TPSA) is 39.9 Å². The highest BCUT2D eigenvalue weighted by Crippen LogP contribution is 2.32. The number of hydrogen-bond donors (Lipinski definition) is 0. The molecular formula is C22H20ClF2N3O. The lowest BCUT2D eigenvalue weighted by molar-refractivity contribution is 0.307. The Morgan fingerprint density at radius 3 is 2.45 bits per heavy atom. The first kappa shape index (κ1) is 20.7. The van der Waals surface area contributed by atoms with E-state index in [-0.39, 0.29) is 19.0 Å². The van der Waals surface area contributed by atoms with Crippen LogP contribution in [-0.4, -0.2) is 14.5 Å². The summed E-state index contributed by atoms with van der Waals surface area (Å²) in [6.45, 7) is 4.75. The summed E-state index contributed by atoms with van der Waals surface area (Å²) >= 11 is 0. The van der Waals surface area contributed by atoms with Gasteiger partial charge in [0.05, 0.1) is 5.52 Å². The van der Waals surface area contributed by atoms with Crippen LogP contribution >= 0.6 is 12.4 Å². The molecule has 0 atom stereocenters. The van der Waals surface area contributed by atoms with Crippen molar-refractivity contribution in [3.63, 3.8) is 0 Å². The van der Waals surface area contributed by atoms with E-state index in [1.807, 2.05) is 32.2 Å². The van der Waals surface area contributed by atoms with Crippen LogP contribution in [0.1, 0.15) is 22.4 Å². The van der Waals surface area contributed by atoms with Gasteiger partial charge in [-0.3, -0.25) is 9.97 Å². The monoisotopic (exact) mass is 415 g/mol. The number of benzene rings is 1. The fourth-order valence-corrected chi connectivity index (χ4v) is 3.36. The maximum atomic E-state index is 13.5. The summed E-state index contributed by atoms with van der Waals surface area (Å²) in [4.78, 5) is 8.69. The molecule has 3 heterocycles. The molecule has 0 saturated heterocycles. The molecule has 0 fully saturated rings. The zero-order chi connectivity index (χ0) is 19.7. The minimum atomic E-state index is -0.620. The van der Waals surface area contributed by atoms with Crippen molar-refractivity contribution in [2.24, 2.45) is 0 Å². The Labute approximate surface area is 173 Å². The minimum Gasteiger partial charge on any atom is -0.487 e. The van der Waals surface area contributed by atoms with Gasteiger partial charge in [0, 0.05) is 43.0 Å². The van der Waals surface area contributed by atoms with Crippen LogP contribution in [0.15, 0.2) is 55.0 Å². The Bertz CT molecular complexity index is 1130. The van der Waals surface area contributed by atoms with Gasteiger partial charge in [-0.1, -0.05) is 6.07 Å². The standard InChI is InChI=1S/C22H19F2N3O.ClH/c1-14-15(2)27(12-16-4-3-6-25-11-16)22-20(5-7-26-21(14)22)28-13-17-8-18(23)10-19(24)9-17;/h3-11H,12-13H2,1-2H3;1H. The summed E-state index contributed by atoms with van der Waals surface area (Å²) in [6, 6.07) is 9.08. The number of pyridine rings is 2. The lowest BCUT2D eigenvalue weighted by atomic mass is 10.2. The number of fused-ring (bicyclic) bond motifs is 1. The molecule has 150 valence electrons. The van der Waals surface area contributed by atoms with Gasteiger partial charge in [-0.25, -0.2) is 8.78 Å². The third kappa shape index (κ3) is 4.22. The average Bonchev–Trinajstić information content (AvgIpc) is 2.92. The Hall–Kier alpha value is -2.99. The molecular weight excluding hydrogens is 396 g/mol. The molecule has 29 heavy (non-hydrogen) atoms. The molecule has 0 amide bonds. The number of aromatic nitrogens is 3. The number of nitrogens with zero attached hydrogens (tertiary/aromatic N) is 3. The molecule has 0 spiro atoms. The molecule has 7 heteroatoms. The maximum absolute atomic E-state index is 13.5. The van der Waals surface area contributed by atoms with Crippen molar-refractivity contribution in [1.29, 1.82) is 0 Å². The van der Waals surface area contributed by atoms with Gasteiger partial charge in [-0.2, -0.15) is 0 Å². The van der Waals surface area contributed by atoms with Crippen molar-refractivity contribution < 1.29 is 13.5 Å². The van der Waals surface area contributed by atoms with Crippen LogP contribution in [0.4, 0.5) is 8.78 Å². The van der Waals surface area contributed by atoms with Crippen LogP contribution in [0.5, 0.6) is 5.75 Å². The number of hydrogen-bond acceptors (Lipinski definition) is 3. The molecule has 4 rings (SSSR count). The van der Waals surface area contributed by atoms with E-state index in [2.05, 4.69) is 14.5 Å². The molecule has 0 aliphatic rings. The normalized spacial score (nSPS) is 10.8. The minimum absolute atomic E-state index is 0. The van der Waals surface area contributed by atoms with Gasteiger partial charge in [0.1, 0.15) is 29.5 Å². The molecule has 4 nitrogen and oxygen atoms in total. The number of rotatable bonds is 5. The van der Waals surface area contributed by atoms with Gasteiger partial charge in [-0.05, 0) is 48.7 Å². The van der Waals surface area contributed by atoms with Crippen molar-refractivity contribution in [3.05, 3.63) is 89.0 Å². The highest BCUT2D eigenvalue weighted by Gasteiger charge is 2.17. The molecule has 0 saturated carbocycles. The number of ether oxygens (including phenoxy) is 1. The van der Waals surface area contributed by atoms with E-state index in [1.165, 1.54) is 12.1 Å². The molecule has 0 N–H and O–H groups in total. The molecule has 1 aromatic carbocycles. The zero-order valence-corrected chi connectivity index (χ0v) is 16.8. The van der Waals surface area contributed by atoms with Crippen LogP contribution in [-0.2, 0) is 13.2 Å². The van der Waals surface area contributed by atoms with E-state index in [0.29, 0.717) is 17.9 Å². The SMILES string of the molecule is Cc1c(C)n(Cc2cccnc2)c2c(OCc3cc(F)cc(F)c3)ccnc12.Cl.